The Balaban J connectivity index is 1.33. The van der Waals surface area contributed by atoms with Crippen molar-refractivity contribution in [1.29, 1.82) is 5.26 Å². The fourth-order valence-corrected chi connectivity index (χ4v) is 3.50. The highest BCUT2D eigenvalue weighted by Gasteiger charge is 2.17. The molecule has 6 heteroatoms. The molecule has 0 saturated carbocycles. The highest BCUT2D eigenvalue weighted by atomic mass is 16.5. The molecular formula is C26H24N4O2. The fraction of sp³-hybridized carbons (Fsp3) is 0.154. The Bertz CT molecular complexity index is 1100. The molecule has 3 aromatic rings. The summed E-state index contributed by atoms with van der Waals surface area (Å²) in [7, 11) is 0. The van der Waals surface area contributed by atoms with Crippen molar-refractivity contribution in [1.82, 2.24) is 4.90 Å². The molecule has 0 radical (unpaired) electrons. The van der Waals surface area contributed by atoms with Crippen LogP contribution in [0.2, 0.25) is 0 Å². The molecule has 1 heterocycles. The van der Waals surface area contributed by atoms with Crippen LogP contribution >= 0.6 is 0 Å². The largest absolute Gasteiger partial charge is 0.457 e. The van der Waals surface area contributed by atoms with E-state index >= 15 is 0 Å². The van der Waals surface area contributed by atoms with Crippen LogP contribution in [0.4, 0.5) is 11.4 Å². The number of nitriles is 1. The number of benzene rings is 3. The Morgan fingerprint density at radius 3 is 2.06 bits per heavy atom. The van der Waals surface area contributed by atoms with E-state index in [-0.39, 0.29) is 5.57 Å². The minimum Gasteiger partial charge on any atom is -0.457 e. The van der Waals surface area contributed by atoms with Gasteiger partial charge in [-0.3, -0.25) is 4.79 Å². The first-order chi connectivity index (χ1) is 15.7. The smallest absolute Gasteiger partial charge is 0.267 e. The highest BCUT2D eigenvalue weighted by molar-refractivity contribution is 6.06. The van der Waals surface area contributed by atoms with E-state index in [9.17, 15) is 10.1 Å². The molecule has 1 N–H and O–H groups in total. The summed E-state index contributed by atoms with van der Waals surface area (Å²) in [5.74, 6) is 0.989. The van der Waals surface area contributed by atoms with Crippen molar-refractivity contribution >= 4 is 17.3 Å². The summed E-state index contributed by atoms with van der Waals surface area (Å²) in [6, 6.07) is 28.8. The molecular weight excluding hydrogens is 400 g/mol. The van der Waals surface area contributed by atoms with Crippen molar-refractivity contribution in [3.8, 4) is 17.6 Å². The van der Waals surface area contributed by atoms with E-state index in [2.05, 4.69) is 22.3 Å². The van der Waals surface area contributed by atoms with Gasteiger partial charge in [0, 0.05) is 43.8 Å². The zero-order chi connectivity index (χ0) is 22.2. The molecule has 1 saturated heterocycles. The molecule has 0 spiro atoms. The Labute approximate surface area is 188 Å². The van der Waals surface area contributed by atoms with Crippen molar-refractivity contribution in [3.63, 3.8) is 0 Å². The van der Waals surface area contributed by atoms with Crippen LogP contribution < -0.4 is 15.0 Å². The third kappa shape index (κ3) is 5.46. The minimum absolute atomic E-state index is 0.0859. The molecule has 1 fully saturated rings. The van der Waals surface area contributed by atoms with Crippen LogP contribution in [0.3, 0.4) is 0 Å². The first-order valence-electron chi connectivity index (χ1n) is 10.5. The van der Waals surface area contributed by atoms with Gasteiger partial charge in [-0.2, -0.15) is 5.26 Å². The molecule has 1 amide bonds. The minimum atomic E-state index is -0.422. The lowest BCUT2D eigenvalue weighted by atomic mass is 10.2. The molecule has 0 aromatic heterocycles. The number of hydrogen-bond acceptors (Lipinski definition) is 5. The number of amides is 1. The lowest BCUT2D eigenvalue weighted by Crippen LogP contribution is -2.44. The van der Waals surface area contributed by atoms with E-state index in [1.165, 1.54) is 5.69 Å². The molecule has 0 bridgehead atoms. The standard InChI is InChI=1S/C26H24N4O2/c27-19-21(20-29-15-17-30(18-16-29)23-7-3-1-4-8-23)26(31)28-22-11-13-25(14-12-22)32-24-9-5-2-6-10-24/h1-14,20H,15-18H2,(H,28,31)/b21-20-. The number of piperazine rings is 1. The predicted octanol–water partition coefficient (Wildman–Crippen LogP) is 4.65. The monoisotopic (exact) mass is 424 g/mol. The van der Waals surface area contributed by atoms with Crippen molar-refractivity contribution in [2.45, 2.75) is 0 Å². The van der Waals surface area contributed by atoms with Gasteiger partial charge < -0.3 is 19.9 Å². The quantitative estimate of drug-likeness (QED) is 0.461. The normalized spacial score (nSPS) is 13.9. The van der Waals surface area contributed by atoms with Gasteiger partial charge in [-0.05, 0) is 48.5 Å². The van der Waals surface area contributed by atoms with Crippen LogP contribution in [0, 0.1) is 11.3 Å². The second-order valence-electron chi connectivity index (χ2n) is 7.41. The third-order valence-electron chi connectivity index (χ3n) is 5.20. The van der Waals surface area contributed by atoms with E-state index in [0.717, 1.165) is 31.9 Å². The second kappa shape index (κ2) is 10.2. The molecule has 6 nitrogen and oxygen atoms in total. The molecule has 0 atom stereocenters. The molecule has 0 unspecified atom stereocenters. The SMILES string of the molecule is N#C/C(=C/N1CCN(c2ccccc2)CC1)C(=O)Nc1ccc(Oc2ccccc2)cc1. The molecule has 160 valence electrons. The highest BCUT2D eigenvalue weighted by Crippen LogP contribution is 2.23. The van der Waals surface area contributed by atoms with E-state index in [4.69, 9.17) is 4.74 Å². The summed E-state index contributed by atoms with van der Waals surface area (Å²) >= 11 is 0. The lowest BCUT2D eigenvalue weighted by Gasteiger charge is -2.35. The number of nitrogens with one attached hydrogen (secondary N) is 1. The molecule has 0 aliphatic carbocycles. The van der Waals surface area contributed by atoms with Gasteiger partial charge in [0.05, 0.1) is 0 Å². The summed E-state index contributed by atoms with van der Waals surface area (Å²) in [6.07, 6.45) is 1.66. The first-order valence-corrected chi connectivity index (χ1v) is 10.5. The third-order valence-corrected chi connectivity index (χ3v) is 5.20. The summed E-state index contributed by atoms with van der Waals surface area (Å²) in [5, 5.41) is 12.3. The molecule has 4 rings (SSSR count). The van der Waals surface area contributed by atoms with Crippen LogP contribution in [-0.4, -0.2) is 37.0 Å². The Morgan fingerprint density at radius 1 is 0.844 bits per heavy atom. The van der Waals surface area contributed by atoms with Gasteiger partial charge in [0.15, 0.2) is 0 Å². The number of nitrogens with zero attached hydrogens (tertiary/aromatic N) is 3. The van der Waals surface area contributed by atoms with Crippen molar-refractivity contribution in [2.24, 2.45) is 0 Å². The zero-order valence-corrected chi connectivity index (χ0v) is 17.6. The van der Waals surface area contributed by atoms with Gasteiger partial charge in [0.25, 0.3) is 5.91 Å². The molecule has 32 heavy (non-hydrogen) atoms. The van der Waals surface area contributed by atoms with Crippen molar-refractivity contribution in [2.75, 3.05) is 36.4 Å². The van der Waals surface area contributed by atoms with Gasteiger partial charge in [-0.25, -0.2) is 0 Å². The molecule has 3 aromatic carbocycles. The number of carbonyl (C=O) groups excluding carboxylic acids is 1. The average Bonchev–Trinajstić information content (AvgIpc) is 2.85. The van der Waals surface area contributed by atoms with Crippen LogP contribution in [0.5, 0.6) is 11.5 Å². The lowest BCUT2D eigenvalue weighted by molar-refractivity contribution is -0.112. The number of ether oxygens (including phenoxy) is 1. The van der Waals surface area contributed by atoms with Gasteiger partial charge in [0.1, 0.15) is 23.1 Å². The number of rotatable bonds is 6. The maximum atomic E-state index is 12.6. The average molecular weight is 425 g/mol. The van der Waals surface area contributed by atoms with E-state index in [1.807, 2.05) is 59.5 Å². The van der Waals surface area contributed by atoms with E-state index in [1.54, 1.807) is 30.5 Å². The topological polar surface area (TPSA) is 68.6 Å². The molecule has 1 aliphatic heterocycles. The number of carbonyl (C=O) groups is 1. The van der Waals surface area contributed by atoms with Crippen LogP contribution in [0.15, 0.2) is 96.7 Å². The van der Waals surface area contributed by atoms with Gasteiger partial charge in [-0.1, -0.05) is 36.4 Å². The zero-order valence-electron chi connectivity index (χ0n) is 17.6. The summed E-state index contributed by atoms with van der Waals surface area (Å²) in [6.45, 7) is 3.17. The van der Waals surface area contributed by atoms with E-state index < -0.39 is 5.91 Å². The van der Waals surface area contributed by atoms with Crippen LogP contribution in [-0.2, 0) is 4.79 Å². The van der Waals surface area contributed by atoms with Crippen LogP contribution in [0.25, 0.3) is 0 Å². The summed E-state index contributed by atoms with van der Waals surface area (Å²) in [5.41, 5.74) is 1.88. The Morgan fingerprint density at radius 2 is 1.44 bits per heavy atom. The molecule has 1 aliphatic rings. The maximum Gasteiger partial charge on any atom is 0.267 e. The van der Waals surface area contributed by atoms with Gasteiger partial charge in [0.2, 0.25) is 0 Å². The van der Waals surface area contributed by atoms with Gasteiger partial charge >= 0.3 is 0 Å². The number of para-hydroxylation sites is 2. The number of anilines is 2. The Hall–Kier alpha value is -4.24. The van der Waals surface area contributed by atoms with Crippen molar-refractivity contribution < 1.29 is 9.53 Å². The second-order valence-corrected chi connectivity index (χ2v) is 7.41. The number of hydrogen-bond donors (Lipinski definition) is 1. The van der Waals surface area contributed by atoms with Gasteiger partial charge in [-0.15, -0.1) is 0 Å². The van der Waals surface area contributed by atoms with Crippen LogP contribution in [0.1, 0.15) is 0 Å². The first kappa shape index (κ1) is 21.0. The Kier molecular flexibility index (Phi) is 6.69. The fourth-order valence-electron chi connectivity index (χ4n) is 3.50. The summed E-state index contributed by atoms with van der Waals surface area (Å²) in [4.78, 5) is 16.9. The maximum absolute atomic E-state index is 12.6. The van der Waals surface area contributed by atoms with E-state index in [0.29, 0.717) is 11.4 Å². The summed E-state index contributed by atoms with van der Waals surface area (Å²) < 4.78 is 5.76. The van der Waals surface area contributed by atoms with Crippen molar-refractivity contribution in [3.05, 3.63) is 96.7 Å². The predicted molar refractivity (Wildman–Crippen MR) is 126 cm³/mol.